The summed E-state index contributed by atoms with van der Waals surface area (Å²) in [7, 11) is 0. The van der Waals surface area contributed by atoms with Crippen LogP contribution in [-0.2, 0) is 4.79 Å². The number of nitrogens with one attached hydrogen (secondary N) is 1. The topological polar surface area (TPSA) is 46.9 Å². The third kappa shape index (κ3) is 3.35. The molecule has 2 aromatic heterocycles. The zero-order valence-corrected chi connectivity index (χ0v) is 14.0. The lowest BCUT2D eigenvalue weighted by Gasteiger charge is -2.18. The van der Waals surface area contributed by atoms with Crippen LogP contribution in [0.1, 0.15) is 31.2 Å². The fraction of sp³-hybridized carbons (Fsp3) is 0.222. The number of carbonyl (C=O) groups excluding carboxylic acids is 1. The standard InChI is InChI=1S/C18H19N3OS/c1-3-16(17-5-4-12-23-17)21-11-10-19-18(21)14-6-8-15(9-7-14)20-13(2)22/h4-12,16H,3H2,1-2H3,(H,20,22)/t16-/m0/s1. The number of hydrogen-bond acceptors (Lipinski definition) is 3. The van der Waals surface area contributed by atoms with Gasteiger partial charge in [0.2, 0.25) is 5.91 Å². The van der Waals surface area contributed by atoms with E-state index < -0.39 is 0 Å². The molecule has 0 aliphatic rings. The van der Waals surface area contributed by atoms with Gasteiger partial charge < -0.3 is 9.88 Å². The lowest BCUT2D eigenvalue weighted by Crippen LogP contribution is -2.09. The molecule has 0 aliphatic carbocycles. The highest BCUT2D eigenvalue weighted by atomic mass is 32.1. The molecule has 0 radical (unpaired) electrons. The lowest BCUT2D eigenvalue weighted by molar-refractivity contribution is -0.114. The number of rotatable bonds is 5. The smallest absolute Gasteiger partial charge is 0.221 e. The van der Waals surface area contributed by atoms with Crippen molar-refractivity contribution in [1.82, 2.24) is 9.55 Å². The molecule has 1 atom stereocenters. The SMILES string of the molecule is CC[C@@H](c1cccs1)n1ccnc1-c1ccc(NC(C)=O)cc1. The summed E-state index contributed by atoms with van der Waals surface area (Å²) < 4.78 is 2.22. The van der Waals surface area contributed by atoms with Crippen LogP contribution in [0.4, 0.5) is 5.69 Å². The van der Waals surface area contributed by atoms with Crippen LogP contribution in [0.25, 0.3) is 11.4 Å². The van der Waals surface area contributed by atoms with Gasteiger partial charge >= 0.3 is 0 Å². The summed E-state index contributed by atoms with van der Waals surface area (Å²) in [6.45, 7) is 3.70. The van der Waals surface area contributed by atoms with E-state index in [2.05, 4.69) is 39.3 Å². The molecule has 2 heterocycles. The van der Waals surface area contributed by atoms with Gasteiger partial charge in [0.1, 0.15) is 5.82 Å². The Morgan fingerprint density at radius 1 is 1.30 bits per heavy atom. The van der Waals surface area contributed by atoms with Crippen molar-refractivity contribution < 1.29 is 4.79 Å². The molecule has 0 saturated heterocycles. The molecule has 1 N–H and O–H groups in total. The number of amides is 1. The predicted octanol–water partition coefficient (Wildman–Crippen LogP) is 4.57. The third-order valence-corrected chi connectivity index (χ3v) is 4.70. The number of imidazole rings is 1. The van der Waals surface area contributed by atoms with Crippen molar-refractivity contribution in [2.24, 2.45) is 0 Å². The van der Waals surface area contributed by atoms with Crippen LogP contribution < -0.4 is 5.32 Å². The van der Waals surface area contributed by atoms with Gasteiger partial charge in [0.05, 0.1) is 6.04 Å². The van der Waals surface area contributed by atoms with Crippen molar-refractivity contribution in [2.75, 3.05) is 5.32 Å². The molecule has 4 nitrogen and oxygen atoms in total. The van der Waals surface area contributed by atoms with Crippen LogP contribution in [0.2, 0.25) is 0 Å². The maximum Gasteiger partial charge on any atom is 0.221 e. The van der Waals surface area contributed by atoms with Crippen LogP contribution >= 0.6 is 11.3 Å². The Morgan fingerprint density at radius 3 is 2.70 bits per heavy atom. The van der Waals surface area contributed by atoms with Crippen molar-refractivity contribution in [3.63, 3.8) is 0 Å². The van der Waals surface area contributed by atoms with Crippen LogP contribution in [0.3, 0.4) is 0 Å². The van der Waals surface area contributed by atoms with E-state index in [1.54, 1.807) is 11.3 Å². The minimum Gasteiger partial charge on any atom is -0.326 e. The number of aromatic nitrogens is 2. The number of anilines is 1. The fourth-order valence-electron chi connectivity index (χ4n) is 2.71. The molecule has 3 aromatic rings. The number of thiophene rings is 1. The van der Waals surface area contributed by atoms with Gasteiger partial charge in [0.15, 0.2) is 0 Å². The van der Waals surface area contributed by atoms with E-state index in [1.807, 2.05) is 36.7 Å². The van der Waals surface area contributed by atoms with Crippen LogP contribution in [0.5, 0.6) is 0 Å². The first-order chi connectivity index (χ1) is 11.2. The first kappa shape index (κ1) is 15.5. The molecule has 5 heteroatoms. The quantitative estimate of drug-likeness (QED) is 0.747. The maximum absolute atomic E-state index is 11.1. The highest BCUT2D eigenvalue weighted by Crippen LogP contribution is 2.30. The Balaban J connectivity index is 1.92. The first-order valence-electron chi connectivity index (χ1n) is 7.63. The molecular formula is C18H19N3OS. The molecule has 1 amide bonds. The molecule has 0 bridgehead atoms. The van der Waals surface area contributed by atoms with E-state index in [0.29, 0.717) is 6.04 Å². The molecule has 0 unspecified atom stereocenters. The maximum atomic E-state index is 11.1. The molecular weight excluding hydrogens is 306 g/mol. The van der Waals surface area contributed by atoms with Crippen LogP contribution in [-0.4, -0.2) is 15.5 Å². The molecule has 0 aliphatic heterocycles. The summed E-state index contributed by atoms with van der Waals surface area (Å²) in [5.41, 5.74) is 1.84. The lowest BCUT2D eigenvalue weighted by atomic mass is 10.1. The molecule has 23 heavy (non-hydrogen) atoms. The normalized spacial score (nSPS) is 12.1. The summed E-state index contributed by atoms with van der Waals surface area (Å²) in [6, 6.07) is 12.3. The van der Waals surface area contributed by atoms with E-state index >= 15 is 0 Å². The number of carbonyl (C=O) groups is 1. The zero-order valence-electron chi connectivity index (χ0n) is 13.2. The molecule has 0 fully saturated rings. The minimum atomic E-state index is -0.0667. The van der Waals surface area contributed by atoms with E-state index in [1.165, 1.54) is 11.8 Å². The molecule has 118 valence electrons. The van der Waals surface area contributed by atoms with Gasteiger partial charge in [-0.2, -0.15) is 0 Å². The Bertz CT molecular complexity index is 775. The first-order valence-corrected chi connectivity index (χ1v) is 8.51. The molecule has 1 aromatic carbocycles. The van der Waals surface area contributed by atoms with Gasteiger partial charge in [0.25, 0.3) is 0 Å². The molecule has 0 saturated carbocycles. The van der Waals surface area contributed by atoms with Gasteiger partial charge in [0, 0.05) is 35.4 Å². The third-order valence-electron chi connectivity index (χ3n) is 3.73. The van der Waals surface area contributed by atoms with E-state index in [-0.39, 0.29) is 5.91 Å². The largest absolute Gasteiger partial charge is 0.326 e. The second-order valence-corrected chi connectivity index (χ2v) is 6.34. The number of nitrogens with zero attached hydrogens (tertiary/aromatic N) is 2. The van der Waals surface area contributed by atoms with E-state index in [0.717, 1.165) is 23.5 Å². The summed E-state index contributed by atoms with van der Waals surface area (Å²) in [5, 5.41) is 4.89. The van der Waals surface area contributed by atoms with Crippen molar-refractivity contribution in [3.05, 3.63) is 59.0 Å². The average molecular weight is 325 g/mol. The van der Waals surface area contributed by atoms with E-state index in [9.17, 15) is 4.79 Å². The second kappa shape index (κ2) is 6.79. The number of benzene rings is 1. The Hall–Kier alpha value is -2.40. The van der Waals surface area contributed by atoms with Gasteiger partial charge in [-0.25, -0.2) is 4.98 Å². The van der Waals surface area contributed by atoms with Gasteiger partial charge in [-0.3, -0.25) is 4.79 Å². The monoisotopic (exact) mass is 325 g/mol. The minimum absolute atomic E-state index is 0.0667. The molecule has 3 rings (SSSR count). The van der Waals surface area contributed by atoms with E-state index in [4.69, 9.17) is 0 Å². The predicted molar refractivity (Wildman–Crippen MR) is 94.7 cm³/mol. The highest BCUT2D eigenvalue weighted by molar-refractivity contribution is 7.10. The van der Waals surface area contributed by atoms with Gasteiger partial charge in [-0.15, -0.1) is 11.3 Å². The average Bonchev–Trinajstić information content (AvgIpc) is 3.21. The van der Waals surface area contributed by atoms with Gasteiger partial charge in [-0.1, -0.05) is 13.0 Å². The summed E-state index contributed by atoms with van der Waals surface area (Å²) >= 11 is 1.77. The molecule has 0 spiro atoms. The van der Waals surface area contributed by atoms with Crippen molar-refractivity contribution in [1.29, 1.82) is 0 Å². The number of hydrogen-bond donors (Lipinski definition) is 1. The van der Waals surface area contributed by atoms with Gasteiger partial charge in [-0.05, 0) is 42.1 Å². The van der Waals surface area contributed by atoms with Crippen LogP contribution in [0, 0.1) is 0 Å². The van der Waals surface area contributed by atoms with Crippen molar-refractivity contribution >= 4 is 22.9 Å². The summed E-state index contributed by atoms with van der Waals surface area (Å²) in [6.07, 6.45) is 4.88. The summed E-state index contributed by atoms with van der Waals surface area (Å²) in [4.78, 5) is 17.0. The zero-order chi connectivity index (χ0) is 16.2. The second-order valence-electron chi connectivity index (χ2n) is 5.36. The summed E-state index contributed by atoms with van der Waals surface area (Å²) in [5.74, 6) is 0.877. The Labute approximate surface area is 139 Å². The van der Waals surface area contributed by atoms with Crippen LogP contribution in [0.15, 0.2) is 54.2 Å². The fourth-order valence-corrected chi connectivity index (χ4v) is 3.62. The van der Waals surface area contributed by atoms with Crippen molar-refractivity contribution in [2.45, 2.75) is 26.3 Å². The highest BCUT2D eigenvalue weighted by Gasteiger charge is 2.17. The Morgan fingerprint density at radius 2 is 2.09 bits per heavy atom. The van der Waals surface area contributed by atoms with Crippen molar-refractivity contribution in [3.8, 4) is 11.4 Å². The Kier molecular flexibility index (Phi) is 4.57.